The van der Waals surface area contributed by atoms with Gasteiger partial charge >= 0.3 is 0 Å². The SMILES string of the molecule is CN(C)c1ccc(NC(=O)CCc2ccc3c(c2)NC(=O)CO3)cc1. The van der Waals surface area contributed by atoms with Crippen LogP contribution in [0.1, 0.15) is 12.0 Å². The number of hydrogen-bond donors (Lipinski definition) is 2. The second-order valence-corrected chi connectivity index (χ2v) is 6.16. The van der Waals surface area contributed by atoms with E-state index in [2.05, 4.69) is 10.6 Å². The van der Waals surface area contributed by atoms with Gasteiger partial charge in [-0.2, -0.15) is 0 Å². The summed E-state index contributed by atoms with van der Waals surface area (Å²) in [5.41, 5.74) is 3.49. The summed E-state index contributed by atoms with van der Waals surface area (Å²) in [5, 5.41) is 5.67. The van der Waals surface area contributed by atoms with Crippen LogP contribution in [0.25, 0.3) is 0 Å². The molecule has 3 rings (SSSR count). The molecule has 1 heterocycles. The summed E-state index contributed by atoms with van der Waals surface area (Å²) < 4.78 is 5.33. The molecule has 6 heteroatoms. The van der Waals surface area contributed by atoms with Crippen LogP contribution in [0, 0.1) is 0 Å². The van der Waals surface area contributed by atoms with Gasteiger partial charge in [0, 0.05) is 31.9 Å². The molecule has 0 spiro atoms. The maximum Gasteiger partial charge on any atom is 0.262 e. The van der Waals surface area contributed by atoms with Crippen LogP contribution in [0.2, 0.25) is 0 Å². The molecule has 0 aromatic heterocycles. The van der Waals surface area contributed by atoms with E-state index in [1.54, 1.807) is 0 Å². The third kappa shape index (κ3) is 4.29. The van der Waals surface area contributed by atoms with Crippen molar-refractivity contribution in [3.63, 3.8) is 0 Å². The van der Waals surface area contributed by atoms with Gasteiger partial charge in [0.25, 0.3) is 5.91 Å². The van der Waals surface area contributed by atoms with E-state index in [1.807, 2.05) is 61.5 Å². The number of anilines is 3. The van der Waals surface area contributed by atoms with E-state index in [4.69, 9.17) is 4.74 Å². The Hall–Kier alpha value is -3.02. The largest absolute Gasteiger partial charge is 0.482 e. The molecule has 1 aliphatic rings. The van der Waals surface area contributed by atoms with Crippen molar-refractivity contribution in [3.8, 4) is 5.75 Å². The lowest BCUT2D eigenvalue weighted by Gasteiger charge is -2.18. The number of benzene rings is 2. The van der Waals surface area contributed by atoms with Crippen LogP contribution in [-0.2, 0) is 16.0 Å². The van der Waals surface area contributed by atoms with Gasteiger partial charge in [-0.05, 0) is 48.4 Å². The molecule has 2 aromatic rings. The lowest BCUT2D eigenvalue weighted by atomic mass is 10.1. The number of aryl methyl sites for hydroxylation is 1. The van der Waals surface area contributed by atoms with Crippen molar-refractivity contribution in [2.24, 2.45) is 0 Å². The number of carbonyl (C=O) groups excluding carboxylic acids is 2. The van der Waals surface area contributed by atoms with Crippen molar-refractivity contribution in [2.45, 2.75) is 12.8 Å². The zero-order chi connectivity index (χ0) is 17.8. The summed E-state index contributed by atoms with van der Waals surface area (Å²) >= 11 is 0. The fourth-order valence-corrected chi connectivity index (χ4v) is 2.61. The number of ether oxygens (including phenoxy) is 1. The first kappa shape index (κ1) is 16.8. The molecule has 0 atom stereocenters. The van der Waals surface area contributed by atoms with Crippen molar-refractivity contribution in [2.75, 3.05) is 36.2 Å². The first-order chi connectivity index (χ1) is 12.0. The average molecular weight is 339 g/mol. The van der Waals surface area contributed by atoms with E-state index in [0.29, 0.717) is 24.3 Å². The molecule has 2 aromatic carbocycles. The number of hydrogen-bond acceptors (Lipinski definition) is 4. The minimum Gasteiger partial charge on any atom is -0.482 e. The second kappa shape index (κ2) is 7.25. The van der Waals surface area contributed by atoms with Crippen molar-refractivity contribution >= 4 is 28.9 Å². The van der Waals surface area contributed by atoms with Gasteiger partial charge in [0.2, 0.25) is 5.91 Å². The van der Waals surface area contributed by atoms with Crippen LogP contribution in [0.15, 0.2) is 42.5 Å². The normalized spacial score (nSPS) is 12.6. The van der Waals surface area contributed by atoms with E-state index in [9.17, 15) is 9.59 Å². The quantitative estimate of drug-likeness (QED) is 0.879. The fourth-order valence-electron chi connectivity index (χ4n) is 2.61. The van der Waals surface area contributed by atoms with Gasteiger partial charge in [-0.3, -0.25) is 9.59 Å². The predicted octanol–water partition coefficient (Wildman–Crippen LogP) is 2.65. The van der Waals surface area contributed by atoms with Crippen LogP contribution in [0.5, 0.6) is 5.75 Å². The number of carbonyl (C=O) groups is 2. The maximum atomic E-state index is 12.1. The fraction of sp³-hybridized carbons (Fsp3) is 0.263. The van der Waals surface area contributed by atoms with E-state index in [0.717, 1.165) is 16.9 Å². The van der Waals surface area contributed by atoms with E-state index in [1.165, 1.54) is 0 Å². The molecule has 0 radical (unpaired) electrons. The van der Waals surface area contributed by atoms with Crippen molar-refractivity contribution in [1.82, 2.24) is 0 Å². The zero-order valence-corrected chi connectivity index (χ0v) is 14.3. The molecule has 0 aliphatic carbocycles. The summed E-state index contributed by atoms with van der Waals surface area (Å²) in [6.45, 7) is 0.0430. The van der Waals surface area contributed by atoms with Crippen LogP contribution in [-0.4, -0.2) is 32.5 Å². The molecular weight excluding hydrogens is 318 g/mol. The molecule has 0 saturated heterocycles. The Balaban J connectivity index is 1.55. The average Bonchev–Trinajstić information content (AvgIpc) is 2.60. The number of fused-ring (bicyclic) bond motifs is 1. The minimum absolute atomic E-state index is 0.0430. The maximum absolute atomic E-state index is 12.1. The molecule has 0 unspecified atom stereocenters. The topological polar surface area (TPSA) is 70.7 Å². The highest BCUT2D eigenvalue weighted by Gasteiger charge is 2.16. The second-order valence-electron chi connectivity index (χ2n) is 6.16. The highest BCUT2D eigenvalue weighted by atomic mass is 16.5. The molecule has 2 N–H and O–H groups in total. The molecule has 0 saturated carbocycles. The number of rotatable bonds is 5. The van der Waals surface area contributed by atoms with Crippen molar-refractivity contribution < 1.29 is 14.3 Å². The van der Waals surface area contributed by atoms with Crippen molar-refractivity contribution in [1.29, 1.82) is 0 Å². The van der Waals surface area contributed by atoms with Crippen LogP contribution < -0.4 is 20.3 Å². The first-order valence-corrected chi connectivity index (χ1v) is 8.14. The highest BCUT2D eigenvalue weighted by Crippen LogP contribution is 2.28. The Bertz CT molecular complexity index is 785. The Morgan fingerprint density at radius 3 is 2.68 bits per heavy atom. The lowest BCUT2D eigenvalue weighted by Crippen LogP contribution is -2.25. The third-order valence-electron chi connectivity index (χ3n) is 3.99. The molecule has 130 valence electrons. The first-order valence-electron chi connectivity index (χ1n) is 8.14. The standard InChI is InChI=1S/C19H21N3O3/c1-22(2)15-7-5-14(6-8-15)20-18(23)10-4-13-3-9-17-16(11-13)21-19(24)12-25-17/h3,5-9,11H,4,10,12H2,1-2H3,(H,20,23)(H,21,24). The minimum atomic E-state index is -0.163. The molecule has 0 bridgehead atoms. The van der Waals surface area contributed by atoms with Gasteiger partial charge in [-0.1, -0.05) is 6.07 Å². The van der Waals surface area contributed by atoms with Gasteiger partial charge < -0.3 is 20.3 Å². The highest BCUT2D eigenvalue weighted by molar-refractivity contribution is 5.95. The smallest absolute Gasteiger partial charge is 0.262 e. The Morgan fingerprint density at radius 2 is 1.96 bits per heavy atom. The summed E-state index contributed by atoms with van der Waals surface area (Å²) in [6, 6.07) is 13.3. The van der Waals surface area contributed by atoms with E-state index >= 15 is 0 Å². The summed E-state index contributed by atoms with van der Waals surface area (Å²) in [6.07, 6.45) is 0.952. The number of nitrogens with zero attached hydrogens (tertiary/aromatic N) is 1. The number of nitrogens with one attached hydrogen (secondary N) is 2. The van der Waals surface area contributed by atoms with Gasteiger partial charge in [-0.15, -0.1) is 0 Å². The summed E-state index contributed by atoms with van der Waals surface area (Å²) in [4.78, 5) is 25.5. The van der Waals surface area contributed by atoms with Crippen LogP contribution in [0.4, 0.5) is 17.1 Å². The molecular formula is C19H21N3O3. The number of amides is 2. The molecule has 25 heavy (non-hydrogen) atoms. The van der Waals surface area contributed by atoms with Gasteiger partial charge in [0.05, 0.1) is 5.69 Å². The molecule has 6 nitrogen and oxygen atoms in total. The summed E-state index contributed by atoms with van der Waals surface area (Å²) in [5.74, 6) is 0.452. The zero-order valence-electron chi connectivity index (χ0n) is 14.3. The van der Waals surface area contributed by atoms with Gasteiger partial charge in [0.1, 0.15) is 5.75 Å². The van der Waals surface area contributed by atoms with Gasteiger partial charge in [-0.25, -0.2) is 0 Å². The lowest BCUT2D eigenvalue weighted by molar-refractivity contribution is -0.118. The predicted molar refractivity (Wildman–Crippen MR) is 98.3 cm³/mol. The van der Waals surface area contributed by atoms with Crippen molar-refractivity contribution in [3.05, 3.63) is 48.0 Å². The Kier molecular flexibility index (Phi) is 4.88. The van der Waals surface area contributed by atoms with E-state index < -0.39 is 0 Å². The summed E-state index contributed by atoms with van der Waals surface area (Å²) in [7, 11) is 3.94. The monoisotopic (exact) mass is 339 g/mol. The van der Waals surface area contributed by atoms with E-state index in [-0.39, 0.29) is 18.4 Å². The van der Waals surface area contributed by atoms with Crippen LogP contribution >= 0.6 is 0 Å². The van der Waals surface area contributed by atoms with Crippen LogP contribution in [0.3, 0.4) is 0 Å². The molecule has 1 aliphatic heterocycles. The van der Waals surface area contributed by atoms with Gasteiger partial charge in [0.15, 0.2) is 6.61 Å². The third-order valence-corrected chi connectivity index (χ3v) is 3.99. The Labute approximate surface area is 146 Å². The Morgan fingerprint density at radius 1 is 1.20 bits per heavy atom. The molecule has 0 fully saturated rings. The molecule has 2 amide bonds.